The molecule has 28 heavy (non-hydrogen) atoms. The lowest BCUT2D eigenvalue weighted by Crippen LogP contribution is -2.35. The number of benzene rings is 3. The number of rotatable bonds is 4. The van der Waals surface area contributed by atoms with Crippen molar-refractivity contribution < 1.29 is 14.3 Å². The molecule has 0 saturated heterocycles. The van der Waals surface area contributed by atoms with Gasteiger partial charge in [0.1, 0.15) is 0 Å². The van der Waals surface area contributed by atoms with Gasteiger partial charge in [-0.25, -0.2) is 0 Å². The fraction of sp³-hybridized carbons (Fsp3) is 0.0909. The second kappa shape index (κ2) is 7.44. The zero-order valence-corrected chi connectivity index (χ0v) is 15.2. The van der Waals surface area contributed by atoms with Gasteiger partial charge in [0.2, 0.25) is 0 Å². The Morgan fingerprint density at radius 3 is 2.32 bits per heavy atom. The average molecular weight is 373 g/mol. The summed E-state index contributed by atoms with van der Waals surface area (Å²) in [5.41, 5.74) is 3.44. The van der Waals surface area contributed by atoms with E-state index in [0.29, 0.717) is 22.7 Å². The summed E-state index contributed by atoms with van der Waals surface area (Å²) in [6.45, 7) is 1.64. The lowest BCUT2D eigenvalue weighted by molar-refractivity contribution is -0.122. The number of carbonyl (C=O) groups excluding carboxylic acids is 2. The Labute approximate surface area is 162 Å². The fourth-order valence-electron chi connectivity index (χ4n) is 2.93. The molecule has 0 aliphatic carbocycles. The van der Waals surface area contributed by atoms with Crippen molar-refractivity contribution in [2.75, 3.05) is 16.0 Å². The van der Waals surface area contributed by atoms with Crippen LogP contribution >= 0.6 is 0 Å². The third-order valence-corrected chi connectivity index (χ3v) is 4.39. The van der Waals surface area contributed by atoms with E-state index in [-0.39, 0.29) is 11.8 Å². The molecule has 0 saturated carbocycles. The van der Waals surface area contributed by atoms with E-state index < -0.39 is 6.10 Å². The summed E-state index contributed by atoms with van der Waals surface area (Å²) in [6, 6.07) is 22.4. The number of para-hydroxylation sites is 2. The van der Waals surface area contributed by atoms with Gasteiger partial charge in [-0.3, -0.25) is 9.59 Å². The molecule has 0 radical (unpaired) electrons. The third kappa shape index (κ3) is 3.66. The van der Waals surface area contributed by atoms with E-state index in [9.17, 15) is 9.59 Å². The molecular formula is C22H19N3O3. The summed E-state index contributed by atoms with van der Waals surface area (Å²) < 4.78 is 5.64. The molecule has 3 aromatic rings. The molecule has 140 valence electrons. The molecule has 1 atom stereocenters. The minimum Gasteiger partial charge on any atom is -0.478 e. The first kappa shape index (κ1) is 17.6. The summed E-state index contributed by atoms with van der Waals surface area (Å²) in [5.74, 6) is -0.148. The van der Waals surface area contributed by atoms with Crippen molar-refractivity contribution in [3.63, 3.8) is 0 Å². The highest BCUT2D eigenvalue weighted by atomic mass is 16.5. The molecule has 6 heteroatoms. The molecule has 0 aromatic heterocycles. The van der Waals surface area contributed by atoms with E-state index in [4.69, 9.17) is 4.74 Å². The van der Waals surface area contributed by atoms with Crippen LogP contribution in [-0.4, -0.2) is 17.9 Å². The molecule has 1 heterocycles. The van der Waals surface area contributed by atoms with E-state index in [0.717, 1.165) is 11.4 Å². The normalized spacial score (nSPS) is 15.0. The van der Waals surface area contributed by atoms with E-state index in [1.165, 1.54) is 0 Å². The van der Waals surface area contributed by atoms with E-state index in [1.54, 1.807) is 25.1 Å². The number of hydrogen-bond donors (Lipinski definition) is 3. The topological polar surface area (TPSA) is 79.5 Å². The molecule has 1 unspecified atom stereocenters. The van der Waals surface area contributed by atoms with Gasteiger partial charge in [0.15, 0.2) is 11.9 Å². The Bertz CT molecular complexity index is 1020. The Morgan fingerprint density at radius 2 is 1.57 bits per heavy atom. The highest BCUT2D eigenvalue weighted by molar-refractivity contribution is 6.09. The first-order valence-electron chi connectivity index (χ1n) is 8.94. The van der Waals surface area contributed by atoms with E-state index in [1.807, 2.05) is 54.6 Å². The van der Waals surface area contributed by atoms with Crippen LogP contribution in [-0.2, 0) is 4.79 Å². The highest BCUT2D eigenvalue weighted by Crippen LogP contribution is 2.33. The quantitative estimate of drug-likeness (QED) is 0.633. The lowest BCUT2D eigenvalue weighted by atomic mass is 10.1. The van der Waals surface area contributed by atoms with Crippen molar-refractivity contribution in [1.29, 1.82) is 0 Å². The Kier molecular flexibility index (Phi) is 4.68. The van der Waals surface area contributed by atoms with Crippen molar-refractivity contribution in [3.8, 4) is 5.75 Å². The SMILES string of the molecule is CC1Oc2c(cccc2C(=O)Nc2ccc(Nc3ccccc3)cc2)NC1=O. The van der Waals surface area contributed by atoms with Gasteiger partial charge in [0.25, 0.3) is 11.8 Å². The zero-order valence-electron chi connectivity index (χ0n) is 15.2. The smallest absolute Gasteiger partial charge is 0.265 e. The molecule has 4 rings (SSSR count). The van der Waals surface area contributed by atoms with Gasteiger partial charge >= 0.3 is 0 Å². The number of amides is 2. The predicted molar refractivity (Wildman–Crippen MR) is 109 cm³/mol. The third-order valence-electron chi connectivity index (χ3n) is 4.39. The number of hydrogen-bond acceptors (Lipinski definition) is 4. The summed E-state index contributed by atoms with van der Waals surface area (Å²) >= 11 is 0. The van der Waals surface area contributed by atoms with Crippen LogP contribution in [0.2, 0.25) is 0 Å². The van der Waals surface area contributed by atoms with Crippen LogP contribution in [0.5, 0.6) is 5.75 Å². The first-order valence-corrected chi connectivity index (χ1v) is 8.94. The van der Waals surface area contributed by atoms with Crippen LogP contribution in [0, 0.1) is 0 Å². The summed E-state index contributed by atoms with van der Waals surface area (Å²) in [6.07, 6.45) is -0.648. The molecular weight excluding hydrogens is 354 g/mol. The van der Waals surface area contributed by atoms with Crippen LogP contribution in [0.4, 0.5) is 22.7 Å². The molecule has 6 nitrogen and oxygen atoms in total. The predicted octanol–water partition coefficient (Wildman–Crippen LogP) is 4.40. The standard InChI is InChI=1S/C22H19N3O3/c1-14-21(26)25-19-9-5-8-18(20(19)28-14)22(27)24-17-12-10-16(11-13-17)23-15-6-3-2-4-7-15/h2-14,23H,1H3,(H,24,27)(H,25,26). The maximum atomic E-state index is 12.7. The molecule has 0 fully saturated rings. The summed E-state index contributed by atoms with van der Waals surface area (Å²) in [5, 5.41) is 8.91. The van der Waals surface area contributed by atoms with Crippen molar-refractivity contribution >= 4 is 34.6 Å². The number of carbonyl (C=O) groups is 2. The van der Waals surface area contributed by atoms with Gasteiger partial charge in [-0.2, -0.15) is 0 Å². The van der Waals surface area contributed by atoms with Crippen LogP contribution < -0.4 is 20.7 Å². The number of ether oxygens (including phenoxy) is 1. The Hall–Kier alpha value is -3.80. The number of nitrogens with one attached hydrogen (secondary N) is 3. The van der Waals surface area contributed by atoms with Crippen molar-refractivity contribution in [2.45, 2.75) is 13.0 Å². The van der Waals surface area contributed by atoms with Gasteiger partial charge in [-0.05, 0) is 55.5 Å². The molecule has 1 aliphatic rings. The second-order valence-corrected chi connectivity index (χ2v) is 6.45. The van der Waals surface area contributed by atoms with Gasteiger partial charge in [-0.15, -0.1) is 0 Å². The van der Waals surface area contributed by atoms with Gasteiger partial charge in [-0.1, -0.05) is 24.3 Å². The molecule has 0 spiro atoms. The first-order chi connectivity index (χ1) is 13.6. The molecule has 3 aromatic carbocycles. The molecule has 2 amide bonds. The van der Waals surface area contributed by atoms with Crippen molar-refractivity contribution in [3.05, 3.63) is 78.4 Å². The summed E-state index contributed by atoms with van der Waals surface area (Å²) in [4.78, 5) is 24.5. The van der Waals surface area contributed by atoms with Crippen LogP contribution in [0.3, 0.4) is 0 Å². The van der Waals surface area contributed by atoms with Crippen LogP contribution in [0.15, 0.2) is 72.8 Å². The van der Waals surface area contributed by atoms with Gasteiger partial charge < -0.3 is 20.7 Å². The fourth-order valence-corrected chi connectivity index (χ4v) is 2.93. The Morgan fingerprint density at radius 1 is 0.893 bits per heavy atom. The van der Waals surface area contributed by atoms with E-state index >= 15 is 0 Å². The highest BCUT2D eigenvalue weighted by Gasteiger charge is 2.27. The van der Waals surface area contributed by atoms with Crippen LogP contribution in [0.1, 0.15) is 17.3 Å². The molecule has 0 bridgehead atoms. The zero-order chi connectivity index (χ0) is 19.5. The number of anilines is 4. The van der Waals surface area contributed by atoms with Gasteiger partial charge in [0.05, 0.1) is 11.3 Å². The molecule has 1 aliphatic heterocycles. The Balaban J connectivity index is 1.49. The largest absolute Gasteiger partial charge is 0.478 e. The average Bonchev–Trinajstić information content (AvgIpc) is 2.71. The van der Waals surface area contributed by atoms with Crippen molar-refractivity contribution in [1.82, 2.24) is 0 Å². The van der Waals surface area contributed by atoms with E-state index in [2.05, 4.69) is 16.0 Å². The maximum Gasteiger partial charge on any atom is 0.265 e. The lowest BCUT2D eigenvalue weighted by Gasteiger charge is -2.25. The van der Waals surface area contributed by atoms with Crippen LogP contribution in [0.25, 0.3) is 0 Å². The number of fused-ring (bicyclic) bond motifs is 1. The van der Waals surface area contributed by atoms with Gasteiger partial charge in [0, 0.05) is 17.1 Å². The maximum absolute atomic E-state index is 12.7. The minimum absolute atomic E-state index is 0.230. The second-order valence-electron chi connectivity index (χ2n) is 6.45. The summed E-state index contributed by atoms with van der Waals surface area (Å²) in [7, 11) is 0. The van der Waals surface area contributed by atoms with Crippen molar-refractivity contribution in [2.24, 2.45) is 0 Å². The molecule has 3 N–H and O–H groups in total. The minimum atomic E-state index is -0.648. The monoisotopic (exact) mass is 373 g/mol.